The average Bonchev–Trinajstić information content (AvgIpc) is 2.29. The van der Waals surface area contributed by atoms with Crippen LogP contribution in [0.5, 0.6) is 5.75 Å². The molecule has 1 aromatic carbocycles. The van der Waals surface area contributed by atoms with Gasteiger partial charge in [0.1, 0.15) is 11.4 Å². The SMILES string of the molecule is CC(C)(F)C1(c2ccc(O)cc2)CCCCC1. The second kappa shape index (κ2) is 4.32. The molecule has 94 valence electrons. The number of rotatable bonds is 2. The zero-order chi connectivity index (χ0) is 12.5. The van der Waals surface area contributed by atoms with Gasteiger partial charge in [0.25, 0.3) is 0 Å². The third-order valence-corrected chi connectivity index (χ3v) is 4.26. The lowest BCUT2D eigenvalue weighted by Gasteiger charge is -2.45. The molecule has 0 amide bonds. The number of phenolic OH excluding ortho intramolecular Hbond substituents is 1. The van der Waals surface area contributed by atoms with Gasteiger partial charge in [-0.1, -0.05) is 31.4 Å². The van der Waals surface area contributed by atoms with E-state index in [-0.39, 0.29) is 11.2 Å². The van der Waals surface area contributed by atoms with Crippen molar-refractivity contribution in [1.82, 2.24) is 0 Å². The molecule has 1 nitrogen and oxygen atoms in total. The van der Waals surface area contributed by atoms with Crippen LogP contribution in [0, 0.1) is 0 Å². The molecule has 1 N–H and O–H groups in total. The van der Waals surface area contributed by atoms with E-state index >= 15 is 0 Å². The van der Waals surface area contributed by atoms with E-state index in [0.717, 1.165) is 31.2 Å². The van der Waals surface area contributed by atoms with Crippen molar-refractivity contribution in [3.8, 4) is 5.75 Å². The van der Waals surface area contributed by atoms with Crippen molar-refractivity contribution in [2.45, 2.75) is 57.0 Å². The molecular weight excluding hydrogens is 215 g/mol. The van der Waals surface area contributed by atoms with E-state index in [1.54, 1.807) is 26.0 Å². The van der Waals surface area contributed by atoms with Crippen LogP contribution in [0.4, 0.5) is 4.39 Å². The summed E-state index contributed by atoms with van der Waals surface area (Å²) in [7, 11) is 0. The molecule has 0 unspecified atom stereocenters. The summed E-state index contributed by atoms with van der Waals surface area (Å²) in [6.07, 6.45) is 5.20. The highest BCUT2D eigenvalue weighted by Crippen LogP contribution is 2.49. The molecule has 17 heavy (non-hydrogen) atoms. The monoisotopic (exact) mass is 236 g/mol. The van der Waals surface area contributed by atoms with Crippen molar-refractivity contribution in [2.75, 3.05) is 0 Å². The second-order valence-corrected chi connectivity index (χ2v) is 5.66. The Kier molecular flexibility index (Phi) is 3.15. The Labute approximate surface area is 103 Å². The van der Waals surface area contributed by atoms with Crippen molar-refractivity contribution in [1.29, 1.82) is 0 Å². The van der Waals surface area contributed by atoms with Crippen LogP contribution in [0.25, 0.3) is 0 Å². The molecule has 1 saturated carbocycles. The fourth-order valence-corrected chi connectivity index (χ4v) is 3.16. The molecule has 0 saturated heterocycles. The number of aromatic hydroxyl groups is 1. The molecule has 1 aliphatic carbocycles. The first-order valence-electron chi connectivity index (χ1n) is 6.44. The van der Waals surface area contributed by atoms with Crippen molar-refractivity contribution >= 4 is 0 Å². The molecular formula is C15H21FO. The summed E-state index contributed by atoms with van der Waals surface area (Å²) >= 11 is 0. The van der Waals surface area contributed by atoms with Crippen LogP contribution in [-0.2, 0) is 5.41 Å². The number of alkyl halides is 1. The Morgan fingerprint density at radius 1 is 1.06 bits per heavy atom. The summed E-state index contributed by atoms with van der Waals surface area (Å²) in [6, 6.07) is 7.08. The smallest absolute Gasteiger partial charge is 0.115 e. The molecule has 0 spiro atoms. The molecule has 2 rings (SSSR count). The summed E-state index contributed by atoms with van der Waals surface area (Å²) in [5.74, 6) is 0.247. The van der Waals surface area contributed by atoms with Crippen LogP contribution in [-0.4, -0.2) is 10.8 Å². The summed E-state index contributed by atoms with van der Waals surface area (Å²) < 4.78 is 14.7. The Morgan fingerprint density at radius 2 is 1.59 bits per heavy atom. The molecule has 1 aromatic rings. The molecule has 0 atom stereocenters. The first kappa shape index (κ1) is 12.4. The quantitative estimate of drug-likeness (QED) is 0.809. The predicted octanol–water partition coefficient (Wildman–Crippen LogP) is 4.34. The van der Waals surface area contributed by atoms with Gasteiger partial charge >= 0.3 is 0 Å². The summed E-state index contributed by atoms with van der Waals surface area (Å²) in [5, 5.41) is 9.35. The van der Waals surface area contributed by atoms with Crippen molar-refractivity contribution < 1.29 is 9.50 Å². The van der Waals surface area contributed by atoms with E-state index in [1.807, 2.05) is 12.1 Å². The molecule has 1 fully saturated rings. The normalized spacial score (nSPS) is 20.2. The van der Waals surface area contributed by atoms with Crippen molar-refractivity contribution in [2.24, 2.45) is 0 Å². The van der Waals surface area contributed by atoms with Crippen LogP contribution in [0.15, 0.2) is 24.3 Å². The lowest BCUT2D eigenvalue weighted by Crippen LogP contribution is -2.45. The number of hydrogen-bond donors (Lipinski definition) is 1. The predicted molar refractivity (Wildman–Crippen MR) is 68.1 cm³/mol. The first-order chi connectivity index (χ1) is 7.96. The van der Waals surface area contributed by atoms with Gasteiger partial charge in [0.15, 0.2) is 0 Å². The standard InChI is InChI=1S/C15H21FO/c1-14(2,16)15(10-4-3-5-11-15)12-6-8-13(17)9-7-12/h6-9,17H,3-5,10-11H2,1-2H3. The Hall–Kier alpha value is -1.05. The van der Waals surface area contributed by atoms with Crippen molar-refractivity contribution in [3.63, 3.8) is 0 Å². The van der Waals surface area contributed by atoms with E-state index < -0.39 is 5.67 Å². The number of hydrogen-bond acceptors (Lipinski definition) is 1. The lowest BCUT2D eigenvalue weighted by molar-refractivity contribution is 0.0564. The molecule has 1 aliphatic rings. The minimum absolute atomic E-state index is 0.247. The van der Waals surface area contributed by atoms with Gasteiger partial charge in [0, 0.05) is 5.41 Å². The van der Waals surface area contributed by atoms with Gasteiger partial charge in [-0.2, -0.15) is 0 Å². The highest BCUT2D eigenvalue weighted by Gasteiger charge is 2.47. The van der Waals surface area contributed by atoms with Crippen LogP contribution >= 0.6 is 0 Å². The average molecular weight is 236 g/mol. The number of benzene rings is 1. The van der Waals surface area contributed by atoms with Gasteiger partial charge in [-0.3, -0.25) is 0 Å². The zero-order valence-corrected chi connectivity index (χ0v) is 10.7. The van der Waals surface area contributed by atoms with E-state index in [0.29, 0.717) is 0 Å². The lowest BCUT2D eigenvalue weighted by atomic mass is 9.61. The topological polar surface area (TPSA) is 20.2 Å². The van der Waals surface area contributed by atoms with Gasteiger partial charge in [-0.25, -0.2) is 4.39 Å². The maximum absolute atomic E-state index is 14.7. The third-order valence-electron chi connectivity index (χ3n) is 4.26. The summed E-state index contributed by atoms with van der Waals surface area (Å²) in [5.41, 5.74) is -0.564. The van der Waals surface area contributed by atoms with Crippen LogP contribution in [0.3, 0.4) is 0 Å². The molecule has 0 aromatic heterocycles. The fraction of sp³-hybridized carbons (Fsp3) is 0.600. The van der Waals surface area contributed by atoms with E-state index in [4.69, 9.17) is 0 Å². The van der Waals surface area contributed by atoms with Crippen LogP contribution in [0.1, 0.15) is 51.5 Å². The maximum atomic E-state index is 14.7. The summed E-state index contributed by atoms with van der Waals surface area (Å²) in [6.45, 7) is 3.37. The van der Waals surface area contributed by atoms with E-state index in [9.17, 15) is 9.50 Å². The Bertz CT molecular complexity index is 369. The fourth-order valence-electron chi connectivity index (χ4n) is 3.16. The largest absolute Gasteiger partial charge is 0.508 e. The number of halogens is 1. The van der Waals surface area contributed by atoms with Gasteiger partial charge < -0.3 is 5.11 Å². The van der Waals surface area contributed by atoms with E-state index in [2.05, 4.69) is 0 Å². The van der Waals surface area contributed by atoms with Gasteiger partial charge in [-0.05, 0) is 44.4 Å². The van der Waals surface area contributed by atoms with Crippen molar-refractivity contribution in [3.05, 3.63) is 29.8 Å². The molecule has 0 aliphatic heterocycles. The molecule has 0 heterocycles. The number of phenols is 1. The van der Waals surface area contributed by atoms with Gasteiger partial charge in [-0.15, -0.1) is 0 Å². The minimum atomic E-state index is -1.22. The molecule has 2 heteroatoms. The minimum Gasteiger partial charge on any atom is -0.508 e. The second-order valence-electron chi connectivity index (χ2n) is 5.66. The van der Waals surface area contributed by atoms with Crippen LogP contribution in [0.2, 0.25) is 0 Å². The molecule has 0 bridgehead atoms. The third kappa shape index (κ3) is 2.18. The Morgan fingerprint density at radius 3 is 2.06 bits per heavy atom. The summed E-state index contributed by atoms with van der Waals surface area (Å²) in [4.78, 5) is 0. The Balaban J connectivity index is 2.43. The first-order valence-corrected chi connectivity index (χ1v) is 6.44. The van der Waals surface area contributed by atoms with Gasteiger partial charge in [0.2, 0.25) is 0 Å². The maximum Gasteiger partial charge on any atom is 0.115 e. The van der Waals surface area contributed by atoms with Crippen LogP contribution < -0.4 is 0 Å². The highest BCUT2D eigenvalue weighted by atomic mass is 19.1. The van der Waals surface area contributed by atoms with E-state index in [1.165, 1.54) is 6.42 Å². The zero-order valence-electron chi connectivity index (χ0n) is 10.7. The highest BCUT2D eigenvalue weighted by molar-refractivity contribution is 5.34. The van der Waals surface area contributed by atoms with Gasteiger partial charge in [0.05, 0.1) is 0 Å². The molecule has 0 radical (unpaired) electrons.